The first-order valence-electron chi connectivity index (χ1n) is 8.75. The van der Waals surface area contributed by atoms with Crippen molar-refractivity contribution in [1.82, 2.24) is 5.32 Å². The van der Waals surface area contributed by atoms with Crippen LogP contribution in [0, 0.1) is 0 Å². The van der Waals surface area contributed by atoms with E-state index in [0.29, 0.717) is 18.7 Å². The first-order chi connectivity index (χ1) is 12.5. The van der Waals surface area contributed by atoms with Crippen LogP contribution in [0.2, 0.25) is 0 Å². The third kappa shape index (κ3) is 5.51. The highest BCUT2D eigenvalue weighted by Gasteiger charge is 2.13. The standard InChI is InChI=1S/C20H25N3O3/c1-3-23(4-2)17-9-7-16(8-10-17)22-20(26)19(25)21-14-13-15-5-11-18(24)12-6-15/h5-12,24H,3-4,13-14H2,1-2H3,(H,21,25)(H,22,26). The highest BCUT2D eigenvalue weighted by Crippen LogP contribution is 2.17. The van der Waals surface area contributed by atoms with Gasteiger partial charge in [-0.1, -0.05) is 12.1 Å². The summed E-state index contributed by atoms with van der Waals surface area (Å²) in [5.74, 6) is -1.16. The Morgan fingerprint density at radius 3 is 2.12 bits per heavy atom. The lowest BCUT2D eigenvalue weighted by molar-refractivity contribution is -0.136. The second-order valence-corrected chi connectivity index (χ2v) is 5.85. The van der Waals surface area contributed by atoms with Gasteiger partial charge in [-0.05, 0) is 62.2 Å². The largest absolute Gasteiger partial charge is 0.508 e. The average molecular weight is 355 g/mol. The molecule has 0 aliphatic carbocycles. The number of amides is 2. The molecule has 2 aromatic rings. The number of phenols is 1. The van der Waals surface area contributed by atoms with Gasteiger partial charge in [0.15, 0.2) is 0 Å². The molecule has 0 saturated heterocycles. The first kappa shape index (κ1) is 19.3. The minimum absolute atomic E-state index is 0.198. The number of hydrogen-bond acceptors (Lipinski definition) is 4. The lowest BCUT2D eigenvalue weighted by Gasteiger charge is -2.21. The van der Waals surface area contributed by atoms with E-state index < -0.39 is 11.8 Å². The van der Waals surface area contributed by atoms with Crippen LogP contribution >= 0.6 is 0 Å². The van der Waals surface area contributed by atoms with Gasteiger partial charge in [-0.3, -0.25) is 9.59 Å². The van der Waals surface area contributed by atoms with Gasteiger partial charge >= 0.3 is 11.8 Å². The molecular formula is C20H25N3O3. The maximum atomic E-state index is 12.0. The summed E-state index contributed by atoms with van der Waals surface area (Å²) < 4.78 is 0. The molecule has 2 amide bonds. The quantitative estimate of drug-likeness (QED) is 0.667. The first-order valence-corrected chi connectivity index (χ1v) is 8.75. The number of carbonyl (C=O) groups is 2. The number of phenolic OH excluding ortho intramolecular Hbond substituents is 1. The van der Waals surface area contributed by atoms with Crippen LogP contribution in [0.1, 0.15) is 19.4 Å². The third-order valence-corrected chi connectivity index (χ3v) is 4.10. The van der Waals surface area contributed by atoms with Crippen molar-refractivity contribution < 1.29 is 14.7 Å². The fraction of sp³-hybridized carbons (Fsp3) is 0.300. The normalized spacial score (nSPS) is 10.2. The van der Waals surface area contributed by atoms with Crippen molar-refractivity contribution in [3.63, 3.8) is 0 Å². The smallest absolute Gasteiger partial charge is 0.313 e. The number of benzene rings is 2. The number of anilines is 2. The number of carbonyl (C=O) groups excluding carboxylic acids is 2. The van der Waals surface area contributed by atoms with Crippen molar-refractivity contribution >= 4 is 23.2 Å². The third-order valence-electron chi connectivity index (χ3n) is 4.10. The fourth-order valence-corrected chi connectivity index (χ4v) is 2.60. The van der Waals surface area contributed by atoms with E-state index >= 15 is 0 Å². The molecule has 2 rings (SSSR count). The molecule has 6 heteroatoms. The van der Waals surface area contributed by atoms with Crippen LogP contribution in [0.4, 0.5) is 11.4 Å². The maximum Gasteiger partial charge on any atom is 0.313 e. The Labute approximate surface area is 153 Å². The summed E-state index contributed by atoms with van der Waals surface area (Å²) in [5, 5.41) is 14.4. The SMILES string of the molecule is CCN(CC)c1ccc(NC(=O)C(=O)NCCc2ccc(O)cc2)cc1. The van der Waals surface area contributed by atoms with Gasteiger partial charge in [0, 0.05) is 31.0 Å². The Bertz CT molecular complexity index is 723. The minimum atomic E-state index is -0.689. The van der Waals surface area contributed by atoms with Gasteiger partial charge in [0.2, 0.25) is 0 Å². The molecule has 0 heterocycles. The van der Waals surface area contributed by atoms with E-state index in [4.69, 9.17) is 0 Å². The van der Waals surface area contributed by atoms with Crippen molar-refractivity contribution in [2.75, 3.05) is 29.9 Å². The molecular weight excluding hydrogens is 330 g/mol. The molecule has 138 valence electrons. The highest BCUT2D eigenvalue weighted by molar-refractivity contribution is 6.39. The van der Waals surface area contributed by atoms with E-state index in [0.717, 1.165) is 24.3 Å². The van der Waals surface area contributed by atoms with Crippen LogP contribution < -0.4 is 15.5 Å². The molecule has 3 N–H and O–H groups in total. The van der Waals surface area contributed by atoms with Crippen LogP contribution in [-0.2, 0) is 16.0 Å². The van der Waals surface area contributed by atoms with Gasteiger partial charge in [-0.15, -0.1) is 0 Å². The topological polar surface area (TPSA) is 81.7 Å². The predicted octanol–water partition coefficient (Wildman–Crippen LogP) is 2.54. The van der Waals surface area contributed by atoms with Gasteiger partial charge in [0.1, 0.15) is 5.75 Å². The average Bonchev–Trinajstić information content (AvgIpc) is 2.65. The summed E-state index contributed by atoms with van der Waals surface area (Å²) in [7, 11) is 0. The minimum Gasteiger partial charge on any atom is -0.508 e. The highest BCUT2D eigenvalue weighted by atomic mass is 16.3. The van der Waals surface area contributed by atoms with Crippen LogP contribution in [-0.4, -0.2) is 36.6 Å². The monoisotopic (exact) mass is 355 g/mol. The predicted molar refractivity (Wildman–Crippen MR) is 103 cm³/mol. The summed E-state index contributed by atoms with van der Waals surface area (Å²) >= 11 is 0. The Morgan fingerprint density at radius 1 is 0.923 bits per heavy atom. The Kier molecular flexibility index (Phi) is 7.02. The molecule has 0 atom stereocenters. The Morgan fingerprint density at radius 2 is 1.54 bits per heavy atom. The van der Waals surface area contributed by atoms with Gasteiger partial charge in [0.05, 0.1) is 0 Å². The van der Waals surface area contributed by atoms with Crippen molar-refractivity contribution in [2.24, 2.45) is 0 Å². The zero-order valence-corrected chi connectivity index (χ0v) is 15.2. The number of nitrogens with zero attached hydrogens (tertiary/aromatic N) is 1. The van der Waals surface area contributed by atoms with Crippen LogP contribution in [0.25, 0.3) is 0 Å². The number of rotatable bonds is 7. The number of hydrogen-bond donors (Lipinski definition) is 3. The van der Waals surface area contributed by atoms with E-state index in [9.17, 15) is 14.7 Å². The second-order valence-electron chi connectivity index (χ2n) is 5.85. The molecule has 0 saturated carbocycles. The van der Waals surface area contributed by atoms with Gasteiger partial charge in [-0.2, -0.15) is 0 Å². The van der Waals surface area contributed by atoms with Crippen LogP contribution in [0.3, 0.4) is 0 Å². The van der Waals surface area contributed by atoms with Crippen molar-refractivity contribution in [3.8, 4) is 5.75 Å². The second kappa shape index (κ2) is 9.46. The lowest BCUT2D eigenvalue weighted by atomic mass is 10.1. The molecule has 0 bridgehead atoms. The van der Waals surface area contributed by atoms with Gasteiger partial charge in [0.25, 0.3) is 0 Å². The maximum absolute atomic E-state index is 12.0. The summed E-state index contributed by atoms with van der Waals surface area (Å²) in [6.07, 6.45) is 0.581. The van der Waals surface area contributed by atoms with Gasteiger partial charge in [-0.25, -0.2) is 0 Å². The summed E-state index contributed by atoms with van der Waals surface area (Å²) in [5.41, 5.74) is 2.63. The summed E-state index contributed by atoms with van der Waals surface area (Å²) in [4.78, 5) is 26.0. The van der Waals surface area contributed by atoms with Crippen LogP contribution in [0.15, 0.2) is 48.5 Å². The van der Waals surface area contributed by atoms with E-state index in [2.05, 4.69) is 29.4 Å². The molecule has 26 heavy (non-hydrogen) atoms. The molecule has 0 aliphatic rings. The molecule has 0 fully saturated rings. The molecule has 0 aliphatic heterocycles. The van der Waals surface area contributed by atoms with E-state index in [-0.39, 0.29) is 5.75 Å². The molecule has 0 aromatic heterocycles. The molecule has 2 aromatic carbocycles. The van der Waals surface area contributed by atoms with Crippen molar-refractivity contribution in [1.29, 1.82) is 0 Å². The lowest BCUT2D eigenvalue weighted by Crippen LogP contribution is -2.36. The molecule has 0 radical (unpaired) electrons. The van der Waals surface area contributed by atoms with Crippen LogP contribution in [0.5, 0.6) is 5.75 Å². The Balaban J connectivity index is 1.81. The fourth-order valence-electron chi connectivity index (χ4n) is 2.60. The Hall–Kier alpha value is -3.02. The van der Waals surface area contributed by atoms with E-state index in [1.165, 1.54) is 0 Å². The van der Waals surface area contributed by atoms with E-state index in [1.54, 1.807) is 36.4 Å². The summed E-state index contributed by atoms with van der Waals surface area (Å²) in [6, 6.07) is 14.1. The van der Waals surface area contributed by atoms with Crippen molar-refractivity contribution in [3.05, 3.63) is 54.1 Å². The molecule has 6 nitrogen and oxygen atoms in total. The van der Waals surface area contributed by atoms with Crippen molar-refractivity contribution in [2.45, 2.75) is 20.3 Å². The molecule has 0 unspecified atom stereocenters. The summed E-state index contributed by atoms with van der Waals surface area (Å²) in [6.45, 7) is 6.33. The zero-order valence-electron chi connectivity index (χ0n) is 15.2. The number of nitrogens with one attached hydrogen (secondary N) is 2. The number of aromatic hydroxyl groups is 1. The zero-order chi connectivity index (χ0) is 18.9. The van der Waals surface area contributed by atoms with E-state index in [1.807, 2.05) is 12.1 Å². The molecule has 0 spiro atoms. The van der Waals surface area contributed by atoms with Gasteiger partial charge < -0.3 is 20.6 Å².